The minimum absolute atomic E-state index is 0.0186. The summed E-state index contributed by atoms with van der Waals surface area (Å²) in [5, 5.41) is 9.44. The van der Waals surface area contributed by atoms with E-state index >= 15 is 0 Å². The molecule has 0 saturated carbocycles. The highest BCUT2D eigenvalue weighted by atomic mass is 16.7. The highest BCUT2D eigenvalue weighted by Gasteiger charge is 2.46. The van der Waals surface area contributed by atoms with E-state index in [1.54, 1.807) is 31.4 Å². The minimum Gasteiger partial charge on any atom is -0.497 e. The monoisotopic (exact) mass is 333 g/mol. The average molecular weight is 333 g/mol. The number of carbonyl (C=O) groups excluding carboxylic acids is 1. The summed E-state index contributed by atoms with van der Waals surface area (Å²) in [5.74, 6) is 0.340. The zero-order valence-electron chi connectivity index (χ0n) is 14.1. The van der Waals surface area contributed by atoms with Gasteiger partial charge in [-0.15, -0.1) is 0 Å². The van der Waals surface area contributed by atoms with E-state index in [1.165, 1.54) is 0 Å². The fraction of sp³-hybridized carbons (Fsp3) is 0.556. The van der Waals surface area contributed by atoms with Crippen LogP contribution in [0.25, 0.3) is 0 Å². The third kappa shape index (κ3) is 4.47. The van der Waals surface area contributed by atoms with Gasteiger partial charge in [-0.2, -0.15) is 5.26 Å². The number of esters is 1. The normalized spacial score (nSPS) is 23.3. The van der Waals surface area contributed by atoms with Crippen LogP contribution in [0.1, 0.15) is 32.6 Å². The smallest absolute Gasteiger partial charge is 0.336 e. The van der Waals surface area contributed by atoms with Crippen molar-refractivity contribution in [3.63, 3.8) is 0 Å². The van der Waals surface area contributed by atoms with Crippen LogP contribution < -0.4 is 9.47 Å². The average Bonchev–Trinajstić information content (AvgIpc) is 2.63. The number of hydrogen-bond acceptors (Lipinski definition) is 6. The number of rotatable bonds is 7. The van der Waals surface area contributed by atoms with Gasteiger partial charge < -0.3 is 18.9 Å². The lowest BCUT2D eigenvalue weighted by Gasteiger charge is -2.33. The number of ether oxygens (including phenoxy) is 4. The molecule has 130 valence electrons. The van der Waals surface area contributed by atoms with Gasteiger partial charge in [0, 0.05) is 0 Å². The lowest BCUT2D eigenvalue weighted by Crippen LogP contribution is -2.48. The van der Waals surface area contributed by atoms with Crippen LogP contribution in [0.4, 0.5) is 0 Å². The Morgan fingerprint density at radius 2 is 1.88 bits per heavy atom. The summed E-state index contributed by atoms with van der Waals surface area (Å²) in [7, 11) is 1.55. The lowest BCUT2D eigenvalue weighted by atomic mass is 9.91. The molecule has 0 atom stereocenters. The van der Waals surface area contributed by atoms with Gasteiger partial charge in [0.05, 0.1) is 26.4 Å². The van der Waals surface area contributed by atoms with Crippen molar-refractivity contribution in [3.05, 3.63) is 24.3 Å². The van der Waals surface area contributed by atoms with Gasteiger partial charge in [0.2, 0.25) is 5.41 Å². The molecule has 0 N–H and O–H groups in total. The number of nitriles is 1. The summed E-state index contributed by atoms with van der Waals surface area (Å²) in [6, 6.07) is 8.58. The first-order valence-electron chi connectivity index (χ1n) is 8.14. The van der Waals surface area contributed by atoms with Crippen LogP contribution in [0.2, 0.25) is 0 Å². The summed E-state index contributed by atoms with van der Waals surface area (Å²) in [6.45, 7) is 2.09. The number of nitrogens with zero attached hydrogens (tertiary/aromatic N) is 1. The molecule has 0 radical (unpaired) electrons. The molecule has 0 aromatic heterocycles. The van der Waals surface area contributed by atoms with Crippen molar-refractivity contribution >= 4 is 5.97 Å². The van der Waals surface area contributed by atoms with E-state index in [-0.39, 0.29) is 19.5 Å². The molecule has 0 amide bonds. The first-order chi connectivity index (χ1) is 11.6. The Labute approximate surface area is 142 Å². The van der Waals surface area contributed by atoms with E-state index in [1.807, 2.05) is 6.07 Å². The predicted octanol–water partition coefficient (Wildman–Crippen LogP) is 3.06. The zero-order valence-corrected chi connectivity index (χ0v) is 14.1. The van der Waals surface area contributed by atoms with Crippen LogP contribution >= 0.6 is 0 Å². The van der Waals surface area contributed by atoms with Crippen molar-refractivity contribution in [2.45, 2.75) is 38.9 Å². The molecule has 6 heteroatoms. The molecule has 1 aliphatic heterocycles. The van der Waals surface area contributed by atoms with Crippen molar-refractivity contribution in [3.8, 4) is 17.6 Å². The van der Waals surface area contributed by atoms with Gasteiger partial charge in [0.1, 0.15) is 11.5 Å². The Balaban J connectivity index is 1.92. The van der Waals surface area contributed by atoms with Crippen molar-refractivity contribution < 1.29 is 23.7 Å². The van der Waals surface area contributed by atoms with Crippen LogP contribution in [0.5, 0.6) is 11.5 Å². The molecule has 24 heavy (non-hydrogen) atoms. The SMILES string of the molecule is CCCCC[C@H]1OC[C@@](C#N)(C(=O)Oc2ccc(OC)cc2)CO1. The fourth-order valence-electron chi connectivity index (χ4n) is 2.36. The fourth-order valence-corrected chi connectivity index (χ4v) is 2.36. The van der Waals surface area contributed by atoms with Gasteiger partial charge in [-0.3, -0.25) is 0 Å². The maximum atomic E-state index is 12.4. The molecule has 2 rings (SSSR count). The number of methoxy groups -OCH3 is 1. The molecule has 1 aromatic carbocycles. The van der Waals surface area contributed by atoms with E-state index in [4.69, 9.17) is 18.9 Å². The molecule has 0 unspecified atom stereocenters. The Bertz CT molecular complexity index is 570. The Morgan fingerprint density at radius 3 is 2.42 bits per heavy atom. The van der Waals surface area contributed by atoms with E-state index < -0.39 is 11.4 Å². The quantitative estimate of drug-likeness (QED) is 0.433. The van der Waals surface area contributed by atoms with Crippen LogP contribution in [0, 0.1) is 16.7 Å². The highest BCUT2D eigenvalue weighted by molar-refractivity contribution is 5.82. The summed E-state index contributed by atoms with van der Waals surface area (Å²) < 4.78 is 21.5. The molecular formula is C18H23NO5. The second-order valence-corrected chi connectivity index (χ2v) is 5.81. The Morgan fingerprint density at radius 1 is 1.25 bits per heavy atom. The van der Waals surface area contributed by atoms with Gasteiger partial charge in [0.25, 0.3) is 0 Å². The Kier molecular flexibility index (Phi) is 6.59. The van der Waals surface area contributed by atoms with E-state index in [0.29, 0.717) is 11.5 Å². The molecule has 1 aliphatic rings. The van der Waals surface area contributed by atoms with Gasteiger partial charge >= 0.3 is 5.97 Å². The highest BCUT2D eigenvalue weighted by Crippen LogP contribution is 2.29. The number of carbonyl (C=O) groups is 1. The summed E-state index contributed by atoms with van der Waals surface area (Å²) >= 11 is 0. The van der Waals surface area contributed by atoms with Gasteiger partial charge in [0.15, 0.2) is 6.29 Å². The lowest BCUT2D eigenvalue weighted by molar-refractivity contribution is -0.223. The third-order valence-corrected chi connectivity index (χ3v) is 3.95. The van der Waals surface area contributed by atoms with Gasteiger partial charge in [-0.1, -0.05) is 19.8 Å². The maximum absolute atomic E-state index is 12.4. The predicted molar refractivity (Wildman–Crippen MR) is 86.5 cm³/mol. The van der Waals surface area contributed by atoms with E-state index in [0.717, 1.165) is 25.7 Å². The van der Waals surface area contributed by atoms with E-state index in [9.17, 15) is 10.1 Å². The largest absolute Gasteiger partial charge is 0.497 e. The first-order valence-corrected chi connectivity index (χ1v) is 8.14. The van der Waals surface area contributed by atoms with Crippen LogP contribution in [0.15, 0.2) is 24.3 Å². The molecule has 0 spiro atoms. The zero-order chi connectivity index (χ0) is 17.4. The summed E-state index contributed by atoms with van der Waals surface area (Å²) in [4.78, 5) is 12.4. The first kappa shape index (κ1) is 18.2. The Hall–Kier alpha value is -2.10. The van der Waals surface area contributed by atoms with Crippen LogP contribution in [0.3, 0.4) is 0 Å². The van der Waals surface area contributed by atoms with Crippen molar-refractivity contribution in [2.75, 3.05) is 20.3 Å². The number of unbranched alkanes of at least 4 members (excludes halogenated alkanes) is 2. The molecule has 0 bridgehead atoms. The van der Waals surface area contributed by atoms with Crippen LogP contribution in [-0.2, 0) is 14.3 Å². The third-order valence-electron chi connectivity index (χ3n) is 3.95. The molecule has 1 heterocycles. The molecule has 1 fully saturated rings. The summed E-state index contributed by atoms with van der Waals surface area (Å²) in [6.07, 6.45) is 3.63. The molecule has 0 aliphatic carbocycles. The molecule has 1 aromatic rings. The molecule has 1 saturated heterocycles. The second kappa shape index (κ2) is 8.67. The standard InChI is InChI=1S/C18H23NO5/c1-3-4-5-6-16-22-12-18(11-19,13-23-16)17(20)24-15-9-7-14(21-2)8-10-15/h7-10,16H,3-6,12-13H2,1-2H3/t16-,18+. The van der Waals surface area contributed by atoms with Crippen molar-refractivity contribution in [1.82, 2.24) is 0 Å². The van der Waals surface area contributed by atoms with Gasteiger partial charge in [-0.25, -0.2) is 4.79 Å². The minimum atomic E-state index is -1.43. The maximum Gasteiger partial charge on any atom is 0.336 e. The second-order valence-electron chi connectivity index (χ2n) is 5.81. The molecule has 6 nitrogen and oxygen atoms in total. The van der Waals surface area contributed by atoms with E-state index in [2.05, 4.69) is 6.92 Å². The summed E-state index contributed by atoms with van der Waals surface area (Å²) in [5.41, 5.74) is -1.43. The van der Waals surface area contributed by atoms with Crippen molar-refractivity contribution in [2.24, 2.45) is 5.41 Å². The number of benzene rings is 1. The van der Waals surface area contributed by atoms with Crippen LogP contribution in [-0.4, -0.2) is 32.6 Å². The topological polar surface area (TPSA) is 77.8 Å². The number of hydrogen-bond donors (Lipinski definition) is 0. The molecular weight excluding hydrogens is 310 g/mol. The van der Waals surface area contributed by atoms with Gasteiger partial charge in [-0.05, 0) is 37.1 Å². The van der Waals surface area contributed by atoms with Crippen molar-refractivity contribution in [1.29, 1.82) is 5.26 Å².